The number of carbonyl (C=O) groups excluding carboxylic acids is 2. The molecule has 1 heterocycles. The SMILES string of the molecule is CCN(C(=O)C1CC1C(=O)Nc1ccc(C)cc1)C1CCS(=O)(=O)C1. The second kappa shape index (κ2) is 6.78. The van der Waals surface area contributed by atoms with E-state index in [-0.39, 0.29) is 41.2 Å². The smallest absolute Gasteiger partial charge is 0.228 e. The quantitative estimate of drug-likeness (QED) is 0.860. The molecule has 0 spiro atoms. The Bertz CT molecular complexity index is 773. The van der Waals surface area contributed by atoms with Crippen LogP contribution in [-0.4, -0.2) is 49.2 Å². The number of hydrogen-bond donors (Lipinski definition) is 1. The van der Waals surface area contributed by atoms with Gasteiger partial charge in [0.05, 0.1) is 23.3 Å². The standard InChI is InChI=1S/C18H24N2O4S/c1-3-20(14-8-9-25(23,24)11-14)18(22)16-10-15(16)17(21)19-13-6-4-12(2)5-7-13/h4-7,14-16H,3,8-11H2,1-2H3,(H,19,21). The molecule has 136 valence electrons. The highest BCUT2D eigenvalue weighted by Crippen LogP contribution is 2.41. The van der Waals surface area contributed by atoms with E-state index in [9.17, 15) is 18.0 Å². The minimum atomic E-state index is -3.04. The fourth-order valence-electron chi connectivity index (χ4n) is 3.46. The highest BCUT2D eigenvalue weighted by atomic mass is 32.2. The zero-order valence-electron chi connectivity index (χ0n) is 14.6. The van der Waals surface area contributed by atoms with Crippen molar-refractivity contribution in [2.45, 2.75) is 32.7 Å². The Morgan fingerprint density at radius 1 is 1.20 bits per heavy atom. The van der Waals surface area contributed by atoms with E-state index in [4.69, 9.17) is 0 Å². The molecule has 1 saturated carbocycles. The van der Waals surface area contributed by atoms with Crippen LogP contribution < -0.4 is 5.32 Å². The summed E-state index contributed by atoms with van der Waals surface area (Å²) in [5.41, 5.74) is 1.84. The largest absolute Gasteiger partial charge is 0.339 e. The number of sulfone groups is 1. The van der Waals surface area contributed by atoms with E-state index in [2.05, 4.69) is 5.32 Å². The summed E-state index contributed by atoms with van der Waals surface area (Å²) in [6, 6.07) is 7.28. The van der Waals surface area contributed by atoms with Gasteiger partial charge < -0.3 is 10.2 Å². The molecule has 1 aromatic carbocycles. The van der Waals surface area contributed by atoms with Gasteiger partial charge in [-0.15, -0.1) is 0 Å². The van der Waals surface area contributed by atoms with Gasteiger partial charge in [0, 0.05) is 18.3 Å². The van der Waals surface area contributed by atoms with E-state index in [0.29, 0.717) is 19.4 Å². The third-order valence-corrected chi connectivity index (χ3v) is 6.79. The first-order valence-electron chi connectivity index (χ1n) is 8.69. The van der Waals surface area contributed by atoms with E-state index in [1.165, 1.54) is 0 Å². The van der Waals surface area contributed by atoms with E-state index in [0.717, 1.165) is 11.3 Å². The highest BCUT2D eigenvalue weighted by Gasteiger charge is 2.50. The van der Waals surface area contributed by atoms with E-state index in [1.54, 1.807) is 4.90 Å². The van der Waals surface area contributed by atoms with Gasteiger partial charge in [-0.05, 0) is 38.8 Å². The van der Waals surface area contributed by atoms with Gasteiger partial charge in [-0.25, -0.2) is 8.42 Å². The molecule has 1 N–H and O–H groups in total. The lowest BCUT2D eigenvalue weighted by Gasteiger charge is -2.27. The van der Waals surface area contributed by atoms with Crippen molar-refractivity contribution in [3.05, 3.63) is 29.8 Å². The van der Waals surface area contributed by atoms with Crippen LogP contribution in [0.2, 0.25) is 0 Å². The minimum Gasteiger partial charge on any atom is -0.339 e. The van der Waals surface area contributed by atoms with Crippen LogP contribution in [0.5, 0.6) is 0 Å². The molecule has 3 rings (SSSR count). The van der Waals surface area contributed by atoms with Crippen LogP contribution >= 0.6 is 0 Å². The summed E-state index contributed by atoms with van der Waals surface area (Å²) in [7, 11) is -3.04. The maximum absolute atomic E-state index is 12.7. The molecular formula is C18H24N2O4S. The molecule has 6 nitrogen and oxygen atoms in total. The van der Waals surface area contributed by atoms with Gasteiger partial charge in [-0.1, -0.05) is 17.7 Å². The van der Waals surface area contributed by atoms with Crippen molar-refractivity contribution < 1.29 is 18.0 Å². The predicted octanol–water partition coefficient (Wildman–Crippen LogP) is 1.61. The third kappa shape index (κ3) is 4.03. The Morgan fingerprint density at radius 3 is 2.44 bits per heavy atom. The Hall–Kier alpha value is -1.89. The number of rotatable bonds is 5. The lowest BCUT2D eigenvalue weighted by atomic mass is 10.1. The summed E-state index contributed by atoms with van der Waals surface area (Å²) in [4.78, 5) is 26.7. The Kier molecular flexibility index (Phi) is 4.86. The number of nitrogens with zero attached hydrogens (tertiary/aromatic N) is 1. The summed E-state index contributed by atoms with van der Waals surface area (Å²) in [5, 5.41) is 2.85. The number of carbonyl (C=O) groups is 2. The van der Waals surface area contributed by atoms with Crippen molar-refractivity contribution in [2.75, 3.05) is 23.4 Å². The van der Waals surface area contributed by atoms with Crippen molar-refractivity contribution in [3.8, 4) is 0 Å². The summed E-state index contributed by atoms with van der Waals surface area (Å²) in [5.74, 6) is -0.691. The van der Waals surface area contributed by atoms with Gasteiger partial charge in [-0.3, -0.25) is 9.59 Å². The number of hydrogen-bond acceptors (Lipinski definition) is 4. The number of nitrogens with one attached hydrogen (secondary N) is 1. The second-order valence-corrected chi connectivity index (χ2v) is 9.21. The molecular weight excluding hydrogens is 340 g/mol. The first-order chi connectivity index (χ1) is 11.8. The van der Waals surface area contributed by atoms with Crippen molar-refractivity contribution >= 4 is 27.3 Å². The summed E-state index contributed by atoms with van der Waals surface area (Å²) < 4.78 is 23.3. The number of benzene rings is 1. The van der Waals surface area contributed by atoms with Gasteiger partial charge in [0.15, 0.2) is 9.84 Å². The summed E-state index contributed by atoms with van der Waals surface area (Å²) >= 11 is 0. The summed E-state index contributed by atoms with van der Waals surface area (Å²) in [6.45, 7) is 4.30. The molecule has 3 atom stereocenters. The molecule has 2 aliphatic rings. The number of aryl methyl sites for hydroxylation is 1. The molecule has 1 aromatic rings. The average Bonchev–Trinajstić information content (AvgIpc) is 3.29. The molecule has 0 bridgehead atoms. The third-order valence-electron chi connectivity index (χ3n) is 5.04. The minimum absolute atomic E-state index is 0.0412. The van der Waals surface area contributed by atoms with Crippen LogP contribution in [-0.2, 0) is 19.4 Å². The number of anilines is 1. The van der Waals surface area contributed by atoms with Crippen molar-refractivity contribution in [1.29, 1.82) is 0 Å². The first kappa shape index (κ1) is 17.9. The van der Waals surface area contributed by atoms with Crippen LogP contribution in [0, 0.1) is 18.8 Å². The second-order valence-electron chi connectivity index (χ2n) is 6.99. The topological polar surface area (TPSA) is 83.6 Å². The summed E-state index contributed by atoms with van der Waals surface area (Å²) in [6.07, 6.45) is 1.03. The van der Waals surface area contributed by atoms with Gasteiger partial charge in [0.1, 0.15) is 0 Å². The maximum atomic E-state index is 12.7. The predicted molar refractivity (Wildman–Crippen MR) is 95.9 cm³/mol. The van der Waals surface area contributed by atoms with Crippen LogP contribution in [0.25, 0.3) is 0 Å². The molecule has 7 heteroatoms. The monoisotopic (exact) mass is 364 g/mol. The van der Waals surface area contributed by atoms with Crippen molar-refractivity contribution in [2.24, 2.45) is 11.8 Å². The lowest BCUT2D eigenvalue weighted by Crippen LogP contribution is -2.42. The molecule has 25 heavy (non-hydrogen) atoms. The zero-order valence-corrected chi connectivity index (χ0v) is 15.4. The average molecular weight is 364 g/mol. The van der Waals surface area contributed by atoms with Crippen LogP contribution in [0.3, 0.4) is 0 Å². The molecule has 3 unspecified atom stereocenters. The highest BCUT2D eigenvalue weighted by molar-refractivity contribution is 7.91. The molecule has 2 amide bonds. The van der Waals surface area contributed by atoms with Crippen molar-refractivity contribution in [3.63, 3.8) is 0 Å². The van der Waals surface area contributed by atoms with Crippen molar-refractivity contribution in [1.82, 2.24) is 4.90 Å². The fraction of sp³-hybridized carbons (Fsp3) is 0.556. The molecule has 1 saturated heterocycles. The molecule has 2 fully saturated rings. The van der Waals surface area contributed by atoms with Crippen LogP contribution in [0.15, 0.2) is 24.3 Å². The maximum Gasteiger partial charge on any atom is 0.228 e. The van der Waals surface area contributed by atoms with Crippen LogP contribution in [0.4, 0.5) is 5.69 Å². The van der Waals surface area contributed by atoms with Gasteiger partial charge in [-0.2, -0.15) is 0 Å². The molecule has 0 aromatic heterocycles. The normalized spacial score (nSPS) is 26.9. The Morgan fingerprint density at radius 2 is 1.88 bits per heavy atom. The van der Waals surface area contributed by atoms with E-state index >= 15 is 0 Å². The van der Waals surface area contributed by atoms with E-state index < -0.39 is 9.84 Å². The Labute approximate surface area is 148 Å². The lowest BCUT2D eigenvalue weighted by molar-refractivity contribution is -0.135. The van der Waals surface area contributed by atoms with Crippen LogP contribution in [0.1, 0.15) is 25.3 Å². The molecule has 1 aliphatic carbocycles. The molecule has 1 aliphatic heterocycles. The zero-order chi connectivity index (χ0) is 18.2. The Balaban J connectivity index is 1.59. The van der Waals surface area contributed by atoms with Gasteiger partial charge >= 0.3 is 0 Å². The van der Waals surface area contributed by atoms with E-state index in [1.807, 2.05) is 38.1 Å². The molecule has 0 radical (unpaired) electrons. The van der Waals surface area contributed by atoms with Gasteiger partial charge in [0.2, 0.25) is 11.8 Å². The number of amides is 2. The van der Waals surface area contributed by atoms with Gasteiger partial charge in [0.25, 0.3) is 0 Å². The first-order valence-corrected chi connectivity index (χ1v) is 10.5. The fourth-order valence-corrected chi connectivity index (χ4v) is 5.19.